The zero-order valence-corrected chi connectivity index (χ0v) is 20.2. The molecule has 0 N–H and O–H groups in total. The molecule has 1 aliphatic heterocycles. The number of hydrogen-bond acceptors (Lipinski definition) is 6. The molecule has 1 aliphatic rings. The van der Waals surface area contributed by atoms with Crippen LogP contribution in [0.15, 0.2) is 53.6 Å². The van der Waals surface area contributed by atoms with Gasteiger partial charge in [0.25, 0.3) is 11.5 Å². The predicted molar refractivity (Wildman–Crippen MR) is 133 cm³/mol. The van der Waals surface area contributed by atoms with Gasteiger partial charge in [-0.2, -0.15) is 0 Å². The van der Waals surface area contributed by atoms with Crippen molar-refractivity contribution in [2.24, 2.45) is 0 Å². The fourth-order valence-corrected chi connectivity index (χ4v) is 5.28. The number of aromatic nitrogens is 2. The molecule has 5 rings (SSSR count). The first-order valence-electron chi connectivity index (χ1n) is 10.6. The number of ketones is 1. The number of thiophene rings is 1. The third kappa shape index (κ3) is 3.59. The predicted octanol–water partition coefficient (Wildman–Crippen LogP) is 4.89. The van der Waals surface area contributed by atoms with Crippen LogP contribution in [0, 0.1) is 6.92 Å². The lowest BCUT2D eigenvalue weighted by atomic mass is 10.0. The lowest BCUT2D eigenvalue weighted by Crippen LogP contribution is -2.35. The molecule has 0 aliphatic carbocycles. The standard InChI is InChI=1S/C25H20ClN3O4S/c1-13(23(31)16-6-9-19-18(10-16)28(3)20(30)11-33-19)29-12-27-24-22(25(29)32)21(14(2)34-24)15-4-7-17(26)8-5-15/h4-10,12-13H,11H2,1-3H3. The van der Waals surface area contributed by atoms with Crippen LogP contribution in [0.5, 0.6) is 5.75 Å². The van der Waals surface area contributed by atoms with E-state index in [1.165, 1.54) is 27.1 Å². The van der Waals surface area contributed by atoms with Gasteiger partial charge >= 0.3 is 0 Å². The van der Waals surface area contributed by atoms with E-state index in [2.05, 4.69) is 4.98 Å². The van der Waals surface area contributed by atoms with Crippen LogP contribution in [0.25, 0.3) is 21.3 Å². The van der Waals surface area contributed by atoms with Crippen molar-refractivity contribution in [1.82, 2.24) is 9.55 Å². The Labute approximate surface area is 204 Å². The molecule has 172 valence electrons. The number of carbonyl (C=O) groups excluding carboxylic acids is 2. The van der Waals surface area contributed by atoms with E-state index in [0.717, 1.165) is 16.0 Å². The van der Waals surface area contributed by atoms with Crippen LogP contribution in [0.1, 0.15) is 28.2 Å². The van der Waals surface area contributed by atoms with Crippen LogP contribution in [0.2, 0.25) is 5.02 Å². The number of ether oxygens (including phenoxy) is 1. The molecule has 7 nitrogen and oxygen atoms in total. The number of rotatable bonds is 4. The lowest BCUT2D eigenvalue weighted by Gasteiger charge is -2.26. The number of hydrogen-bond donors (Lipinski definition) is 0. The molecular weight excluding hydrogens is 474 g/mol. The van der Waals surface area contributed by atoms with E-state index in [1.807, 2.05) is 19.1 Å². The minimum absolute atomic E-state index is 0.0374. The number of halogens is 1. The molecule has 0 saturated heterocycles. The number of amides is 1. The summed E-state index contributed by atoms with van der Waals surface area (Å²) in [7, 11) is 1.64. The Bertz CT molecular complexity index is 1520. The summed E-state index contributed by atoms with van der Waals surface area (Å²) in [5, 5.41) is 1.09. The van der Waals surface area contributed by atoms with Gasteiger partial charge in [0.1, 0.15) is 10.6 Å². The second kappa shape index (κ2) is 8.38. The van der Waals surface area contributed by atoms with Crippen molar-refractivity contribution in [3.8, 4) is 16.9 Å². The third-order valence-electron chi connectivity index (χ3n) is 6.07. The van der Waals surface area contributed by atoms with Gasteiger partial charge in [0, 0.05) is 28.1 Å². The summed E-state index contributed by atoms with van der Waals surface area (Å²) >= 11 is 7.48. The first-order valence-corrected chi connectivity index (χ1v) is 11.8. The van der Waals surface area contributed by atoms with E-state index in [1.54, 1.807) is 44.3 Å². The molecule has 4 aromatic rings. The SMILES string of the molecule is Cc1sc2ncn(C(C)C(=O)c3ccc4c(c3)N(C)C(=O)CO4)c(=O)c2c1-c1ccc(Cl)cc1. The fourth-order valence-electron chi connectivity index (χ4n) is 4.15. The Kier molecular flexibility index (Phi) is 5.50. The summed E-state index contributed by atoms with van der Waals surface area (Å²) in [4.78, 5) is 46.5. The summed E-state index contributed by atoms with van der Waals surface area (Å²) in [5.74, 6) is 0.0731. The monoisotopic (exact) mass is 493 g/mol. The molecule has 1 unspecified atom stereocenters. The Balaban J connectivity index is 1.57. The van der Waals surface area contributed by atoms with E-state index >= 15 is 0 Å². The highest BCUT2D eigenvalue weighted by Gasteiger charge is 2.26. The first kappa shape index (κ1) is 22.3. The highest BCUT2D eigenvalue weighted by Crippen LogP contribution is 2.36. The minimum Gasteiger partial charge on any atom is -0.482 e. The van der Waals surface area contributed by atoms with Gasteiger partial charge in [0.2, 0.25) is 0 Å². The zero-order chi connectivity index (χ0) is 24.1. The summed E-state index contributed by atoms with van der Waals surface area (Å²) < 4.78 is 6.81. The van der Waals surface area contributed by atoms with Gasteiger partial charge in [-0.1, -0.05) is 23.7 Å². The van der Waals surface area contributed by atoms with Crippen molar-refractivity contribution in [2.75, 3.05) is 18.6 Å². The quantitative estimate of drug-likeness (QED) is 0.378. The molecule has 1 atom stereocenters. The van der Waals surface area contributed by atoms with Gasteiger partial charge in [-0.3, -0.25) is 19.0 Å². The molecule has 1 amide bonds. The Hall–Kier alpha value is -3.49. The molecule has 3 heterocycles. The minimum atomic E-state index is -0.800. The third-order valence-corrected chi connectivity index (χ3v) is 7.34. The Morgan fingerprint density at radius 2 is 1.91 bits per heavy atom. The van der Waals surface area contributed by atoms with Crippen LogP contribution < -0.4 is 15.2 Å². The Morgan fingerprint density at radius 3 is 2.65 bits per heavy atom. The lowest BCUT2D eigenvalue weighted by molar-refractivity contribution is -0.120. The number of carbonyl (C=O) groups is 2. The smallest absolute Gasteiger partial charge is 0.264 e. The average molecular weight is 494 g/mol. The van der Waals surface area contributed by atoms with Crippen molar-refractivity contribution >= 4 is 50.5 Å². The van der Waals surface area contributed by atoms with Crippen LogP contribution in [-0.4, -0.2) is 34.9 Å². The van der Waals surface area contributed by atoms with Crippen LogP contribution in [-0.2, 0) is 4.79 Å². The zero-order valence-electron chi connectivity index (χ0n) is 18.7. The highest BCUT2D eigenvalue weighted by molar-refractivity contribution is 7.19. The largest absolute Gasteiger partial charge is 0.482 e. The molecule has 0 fully saturated rings. The van der Waals surface area contributed by atoms with E-state index in [-0.39, 0.29) is 23.9 Å². The fraction of sp³-hybridized carbons (Fsp3) is 0.200. The van der Waals surface area contributed by atoms with Crippen LogP contribution in [0.4, 0.5) is 5.69 Å². The maximum Gasteiger partial charge on any atom is 0.264 e. The second-order valence-electron chi connectivity index (χ2n) is 8.14. The van der Waals surface area contributed by atoms with Crippen molar-refractivity contribution < 1.29 is 14.3 Å². The molecule has 0 spiro atoms. The number of benzene rings is 2. The molecule has 9 heteroatoms. The van der Waals surface area contributed by atoms with E-state index in [9.17, 15) is 14.4 Å². The molecule has 0 bridgehead atoms. The normalized spacial score (nSPS) is 14.1. The highest BCUT2D eigenvalue weighted by atomic mass is 35.5. The van der Waals surface area contributed by atoms with Gasteiger partial charge in [-0.15, -0.1) is 11.3 Å². The van der Waals surface area contributed by atoms with E-state index in [0.29, 0.717) is 32.2 Å². The van der Waals surface area contributed by atoms with Crippen molar-refractivity contribution in [3.63, 3.8) is 0 Å². The summed E-state index contributed by atoms with van der Waals surface area (Å²) in [6.45, 7) is 3.58. The maximum absolute atomic E-state index is 13.6. The number of Topliss-reactive ketones (excluding diaryl/α,β-unsaturated/α-hetero) is 1. The number of anilines is 1. The second-order valence-corrected chi connectivity index (χ2v) is 9.78. The van der Waals surface area contributed by atoms with Gasteiger partial charge in [-0.25, -0.2) is 4.98 Å². The van der Waals surface area contributed by atoms with Crippen LogP contribution >= 0.6 is 22.9 Å². The van der Waals surface area contributed by atoms with Crippen molar-refractivity contribution in [2.45, 2.75) is 19.9 Å². The summed E-state index contributed by atoms with van der Waals surface area (Å²) in [6, 6.07) is 11.4. The number of likely N-dealkylation sites (N-methyl/N-ethyl adjacent to an activating group) is 1. The number of aryl methyl sites for hydroxylation is 1. The van der Waals surface area contributed by atoms with E-state index in [4.69, 9.17) is 16.3 Å². The number of fused-ring (bicyclic) bond motifs is 2. The molecular formula is C25H20ClN3O4S. The van der Waals surface area contributed by atoms with E-state index < -0.39 is 6.04 Å². The Morgan fingerprint density at radius 1 is 1.18 bits per heavy atom. The topological polar surface area (TPSA) is 81.5 Å². The average Bonchev–Trinajstić information content (AvgIpc) is 3.18. The van der Waals surface area contributed by atoms with Gasteiger partial charge in [0.15, 0.2) is 12.4 Å². The van der Waals surface area contributed by atoms with Crippen LogP contribution in [0.3, 0.4) is 0 Å². The van der Waals surface area contributed by atoms with Gasteiger partial charge in [0.05, 0.1) is 23.4 Å². The number of nitrogens with zero attached hydrogens (tertiary/aromatic N) is 3. The van der Waals surface area contributed by atoms with Crippen molar-refractivity contribution in [1.29, 1.82) is 0 Å². The summed E-state index contributed by atoms with van der Waals surface area (Å²) in [5.41, 5.74) is 2.28. The molecule has 2 aromatic heterocycles. The van der Waals surface area contributed by atoms with Crippen molar-refractivity contribution in [3.05, 3.63) is 74.6 Å². The molecule has 0 radical (unpaired) electrons. The summed E-state index contributed by atoms with van der Waals surface area (Å²) in [6.07, 6.45) is 1.42. The molecule has 34 heavy (non-hydrogen) atoms. The maximum atomic E-state index is 13.6. The molecule has 0 saturated carbocycles. The molecule has 2 aromatic carbocycles. The van der Waals surface area contributed by atoms with Gasteiger partial charge < -0.3 is 9.64 Å². The first-order chi connectivity index (χ1) is 16.3. The van der Waals surface area contributed by atoms with Gasteiger partial charge in [-0.05, 0) is 49.7 Å².